The molecule has 6 rings (SSSR count). The first-order chi connectivity index (χ1) is 17.6. The second-order valence-corrected chi connectivity index (χ2v) is 11.4. The van der Waals surface area contributed by atoms with E-state index in [2.05, 4.69) is 39.9 Å². The van der Waals surface area contributed by atoms with Crippen molar-refractivity contribution in [1.82, 2.24) is 29.9 Å². The lowest BCUT2D eigenvalue weighted by Gasteiger charge is -2.35. The smallest absolute Gasteiger partial charge is 0.272 e. The molecule has 2 aromatic heterocycles. The minimum Gasteiger partial charge on any atom is -0.377 e. The molecule has 4 aliphatic rings. The van der Waals surface area contributed by atoms with Gasteiger partial charge in [-0.2, -0.15) is 5.10 Å². The van der Waals surface area contributed by atoms with Gasteiger partial charge in [0.05, 0.1) is 30.7 Å². The van der Waals surface area contributed by atoms with E-state index in [9.17, 15) is 4.79 Å². The van der Waals surface area contributed by atoms with Crippen LogP contribution in [0.15, 0.2) is 12.1 Å². The van der Waals surface area contributed by atoms with Crippen LogP contribution in [0, 0.1) is 0 Å². The quantitative estimate of drug-likeness (QED) is 0.633. The van der Waals surface area contributed by atoms with E-state index in [1.807, 2.05) is 10.7 Å². The number of hydrogen-bond donors (Lipinski definition) is 1. The van der Waals surface area contributed by atoms with E-state index >= 15 is 0 Å². The highest BCUT2D eigenvalue weighted by molar-refractivity contribution is 6.04. The minimum atomic E-state index is -0.0732. The van der Waals surface area contributed by atoms with Crippen molar-refractivity contribution >= 4 is 22.8 Å². The number of ether oxygens (including phenoxy) is 1. The standard InChI is InChI=1S/C27H41N7O2/c1-19(2)34-26-23(7-8-24(29-26)33-21-5-6-22(33)18-36-17-21)25(30-34)27(35)28-20-9-13-32(14-10-20)16-15-31-11-3-4-12-31/h7-8,19-22H,3-6,9-18H2,1-2H3,(H,28,35). The molecule has 0 spiro atoms. The lowest BCUT2D eigenvalue weighted by Crippen LogP contribution is -2.46. The molecule has 0 aliphatic carbocycles. The van der Waals surface area contributed by atoms with Crippen molar-refractivity contribution in [2.45, 2.75) is 76.5 Å². The summed E-state index contributed by atoms with van der Waals surface area (Å²) in [6.45, 7) is 12.7. The maximum Gasteiger partial charge on any atom is 0.272 e. The number of anilines is 1. The number of likely N-dealkylation sites (tertiary alicyclic amines) is 2. The van der Waals surface area contributed by atoms with Gasteiger partial charge in [-0.25, -0.2) is 9.67 Å². The number of morpholine rings is 1. The van der Waals surface area contributed by atoms with Gasteiger partial charge >= 0.3 is 0 Å². The zero-order valence-corrected chi connectivity index (χ0v) is 21.9. The molecule has 4 saturated heterocycles. The van der Waals surface area contributed by atoms with Crippen LogP contribution in [-0.4, -0.2) is 101 Å². The van der Waals surface area contributed by atoms with E-state index in [1.165, 1.54) is 32.5 Å². The van der Waals surface area contributed by atoms with Crippen LogP contribution in [0.5, 0.6) is 0 Å². The molecule has 0 radical (unpaired) electrons. The molecule has 196 valence electrons. The second-order valence-electron chi connectivity index (χ2n) is 11.4. The number of nitrogens with one attached hydrogen (secondary N) is 1. The summed E-state index contributed by atoms with van der Waals surface area (Å²) in [5.41, 5.74) is 1.30. The molecule has 9 nitrogen and oxygen atoms in total. The first kappa shape index (κ1) is 24.1. The van der Waals surface area contributed by atoms with Crippen molar-refractivity contribution in [1.29, 1.82) is 0 Å². The van der Waals surface area contributed by atoms with Gasteiger partial charge in [-0.15, -0.1) is 0 Å². The molecule has 36 heavy (non-hydrogen) atoms. The van der Waals surface area contributed by atoms with Crippen LogP contribution in [0.25, 0.3) is 11.0 Å². The predicted molar refractivity (Wildman–Crippen MR) is 141 cm³/mol. The summed E-state index contributed by atoms with van der Waals surface area (Å²) < 4.78 is 7.68. The van der Waals surface area contributed by atoms with Gasteiger partial charge in [0.1, 0.15) is 5.82 Å². The van der Waals surface area contributed by atoms with E-state index in [4.69, 9.17) is 14.8 Å². The maximum absolute atomic E-state index is 13.4. The SMILES string of the molecule is CC(C)n1nc(C(=O)NC2CCN(CCN3CCCC3)CC2)c2ccc(N3C4CCC3COC4)nc21. The highest BCUT2D eigenvalue weighted by Crippen LogP contribution is 2.34. The van der Waals surface area contributed by atoms with Crippen molar-refractivity contribution in [3.8, 4) is 0 Å². The van der Waals surface area contributed by atoms with Crippen LogP contribution in [-0.2, 0) is 4.74 Å². The van der Waals surface area contributed by atoms with Gasteiger partial charge in [0, 0.05) is 38.3 Å². The number of carbonyl (C=O) groups is 1. The summed E-state index contributed by atoms with van der Waals surface area (Å²) >= 11 is 0. The topological polar surface area (TPSA) is 78.8 Å². The molecule has 9 heteroatoms. The number of amides is 1. The first-order valence-corrected chi connectivity index (χ1v) is 14.1. The minimum absolute atomic E-state index is 0.0732. The highest BCUT2D eigenvalue weighted by Gasteiger charge is 2.38. The summed E-state index contributed by atoms with van der Waals surface area (Å²) in [7, 11) is 0. The lowest BCUT2D eigenvalue weighted by atomic mass is 10.0. The van der Waals surface area contributed by atoms with Crippen molar-refractivity contribution < 1.29 is 9.53 Å². The third-order valence-electron chi connectivity index (χ3n) is 8.60. The second kappa shape index (κ2) is 10.3. The number of fused-ring (bicyclic) bond motifs is 3. The summed E-state index contributed by atoms with van der Waals surface area (Å²) in [6.07, 6.45) is 6.99. The van der Waals surface area contributed by atoms with Crippen LogP contribution in [0.3, 0.4) is 0 Å². The monoisotopic (exact) mass is 495 g/mol. The Hall–Kier alpha value is -2.23. The number of pyridine rings is 1. The van der Waals surface area contributed by atoms with E-state index in [0.29, 0.717) is 17.8 Å². The van der Waals surface area contributed by atoms with Gasteiger partial charge in [0.2, 0.25) is 0 Å². The van der Waals surface area contributed by atoms with Gasteiger partial charge in [0.15, 0.2) is 11.3 Å². The molecule has 0 saturated carbocycles. The normalized spacial score (nSPS) is 25.9. The number of carbonyl (C=O) groups excluding carboxylic acids is 1. The van der Waals surface area contributed by atoms with Crippen molar-refractivity contribution in [3.05, 3.63) is 17.8 Å². The average molecular weight is 496 g/mol. The summed E-state index contributed by atoms with van der Waals surface area (Å²) in [5, 5.41) is 8.90. The molecule has 0 aromatic carbocycles. The molecule has 6 heterocycles. The Balaban J connectivity index is 1.13. The molecule has 2 aromatic rings. The van der Waals surface area contributed by atoms with E-state index in [0.717, 1.165) is 75.4 Å². The Morgan fingerprint density at radius 2 is 1.67 bits per heavy atom. The molecule has 2 bridgehead atoms. The van der Waals surface area contributed by atoms with Crippen molar-refractivity contribution in [2.24, 2.45) is 0 Å². The molecule has 1 amide bonds. The highest BCUT2D eigenvalue weighted by atomic mass is 16.5. The number of hydrogen-bond acceptors (Lipinski definition) is 7. The van der Waals surface area contributed by atoms with Gasteiger partial charge in [0.25, 0.3) is 5.91 Å². The number of aromatic nitrogens is 3. The molecule has 2 atom stereocenters. The van der Waals surface area contributed by atoms with Crippen LogP contribution in [0.4, 0.5) is 5.82 Å². The van der Waals surface area contributed by atoms with Crippen LogP contribution < -0.4 is 10.2 Å². The lowest BCUT2D eigenvalue weighted by molar-refractivity contribution is 0.0901. The largest absolute Gasteiger partial charge is 0.377 e. The zero-order chi connectivity index (χ0) is 24.6. The number of rotatable bonds is 7. The van der Waals surface area contributed by atoms with Gasteiger partial charge < -0.3 is 24.8 Å². The van der Waals surface area contributed by atoms with Crippen LogP contribution in [0.2, 0.25) is 0 Å². The molecular formula is C27H41N7O2. The fraction of sp³-hybridized carbons (Fsp3) is 0.741. The van der Waals surface area contributed by atoms with E-state index in [-0.39, 0.29) is 18.0 Å². The third kappa shape index (κ3) is 4.73. The van der Waals surface area contributed by atoms with Gasteiger partial charge in [-0.3, -0.25) is 4.79 Å². The predicted octanol–water partition coefficient (Wildman–Crippen LogP) is 2.67. The summed E-state index contributed by atoms with van der Waals surface area (Å²) in [4.78, 5) is 26.0. The zero-order valence-electron chi connectivity index (χ0n) is 21.9. The molecule has 4 aliphatic heterocycles. The van der Waals surface area contributed by atoms with Gasteiger partial charge in [-0.1, -0.05) is 0 Å². The van der Waals surface area contributed by atoms with Crippen LogP contribution in [0.1, 0.15) is 68.9 Å². The Kier molecular flexibility index (Phi) is 6.88. The van der Waals surface area contributed by atoms with E-state index in [1.54, 1.807) is 0 Å². The number of piperidine rings is 1. The Morgan fingerprint density at radius 1 is 1.00 bits per heavy atom. The Labute approximate surface area is 214 Å². The Morgan fingerprint density at radius 3 is 2.33 bits per heavy atom. The van der Waals surface area contributed by atoms with Crippen molar-refractivity contribution in [2.75, 3.05) is 57.4 Å². The first-order valence-electron chi connectivity index (χ1n) is 14.1. The van der Waals surface area contributed by atoms with Crippen molar-refractivity contribution in [3.63, 3.8) is 0 Å². The molecule has 2 unspecified atom stereocenters. The third-order valence-corrected chi connectivity index (χ3v) is 8.60. The van der Waals surface area contributed by atoms with Gasteiger partial charge in [-0.05, 0) is 77.6 Å². The molecular weight excluding hydrogens is 454 g/mol. The Bertz CT molecular complexity index is 1060. The fourth-order valence-corrected chi connectivity index (χ4v) is 6.52. The fourth-order valence-electron chi connectivity index (χ4n) is 6.52. The maximum atomic E-state index is 13.4. The summed E-state index contributed by atoms with van der Waals surface area (Å²) in [6, 6.07) is 5.24. The van der Waals surface area contributed by atoms with Crippen LogP contribution >= 0.6 is 0 Å². The molecule has 4 fully saturated rings. The average Bonchev–Trinajstić information content (AvgIpc) is 3.59. The number of nitrogens with zero attached hydrogens (tertiary/aromatic N) is 6. The summed E-state index contributed by atoms with van der Waals surface area (Å²) in [5.74, 6) is 0.907. The van der Waals surface area contributed by atoms with E-state index < -0.39 is 0 Å². The molecule has 1 N–H and O–H groups in total.